The van der Waals surface area contributed by atoms with E-state index in [1.54, 1.807) is 102 Å². The number of hydrogen-bond acceptors (Lipinski definition) is 2. The lowest BCUT2D eigenvalue weighted by atomic mass is 9.97. The van der Waals surface area contributed by atoms with Crippen LogP contribution in [0, 0.1) is 11.3 Å². The first-order valence-electron chi connectivity index (χ1n) is 20.3. The molecular formula is C52H26F12N4. The summed E-state index contributed by atoms with van der Waals surface area (Å²) in [5.74, 6) is 0. The number of nitrogens with zero attached hydrogens (tertiary/aromatic N) is 4. The molecule has 68 heavy (non-hydrogen) atoms. The van der Waals surface area contributed by atoms with Gasteiger partial charge < -0.3 is 9.13 Å². The van der Waals surface area contributed by atoms with Crippen molar-refractivity contribution in [2.75, 3.05) is 0 Å². The predicted molar refractivity (Wildman–Crippen MR) is 234 cm³/mol. The Labute approximate surface area is 376 Å². The van der Waals surface area contributed by atoms with Gasteiger partial charge in [-0.15, -0.1) is 0 Å². The number of nitriles is 1. The lowest BCUT2D eigenvalue weighted by Gasteiger charge is -2.19. The fraction of sp³-hybridized carbons (Fsp3) is 0.0769. The SMILES string of the molecule is N#Cc1cc(-n2c3ccccc3c3cc(-c4cc(C(F)(F)F)cc(C(F)(F)F)c4)ccc32)c(-c2ccncc2)cc1-n1c2ccccc2c2cc(-c3cc(C(F)(F)F)cc(C(F)(F)F)c3)ccc21. The molecule has 0 atom stereocenters. The van der Waals surface area contributed by atoms with Crippen LogP contribution in [0.25, 0.3) is 88.4 Å². The molecule has 0 aliphatic carbocycles. The Bertz CT molecular complexity index is 3630. The van der Waals surface area contributed by atoms with E-state index in [4.69, 9.17) is 0 Å². The van der Waals surface area contributed by atoms with Gasteiger partial charge in [-0.25, -0.2) is 0 Å². The van der Waals surface area contributed by atoms with E-state index in [1.807, 2.05) is 4.57 Å². The lowest BCUT2D eigenvalue weighted by molar-refractivity contribution is -0.144. The number of hydrogen-bond donors (Lipinski definition) is 0. The van der Waals surface area contributed by atoms with Crippen LogP contribution in [0.4, 0.5) is 52.7 Å². The molecule has 7 aromatic carbocycles. The molecule has 0 saturated carbocycles. The first-order chi connectivity index (χ1) is 32.2. The van der Waals surface area contributed by atoms with Gasteiger partial charge in [0.25, 0.3) is 0 Å². The maximum Gasteiger partial charge on any atom is 0.416 e. The molecule has 3 heterocycles. The minimum absolute atomic E-state index is 0.0642. The summed E-state index contributed by atoms with van der Waals surface area (Å²) < 4.78 is 171. The van der Waals surface area contributed by atoms with Gasteiger partial charge in [-0.2, -0.15) is 57.9 Å². The fourth-order valence-corrected chi connectivity index (χ4v) is 8.87. The van der Waals surface area contributed by atoms with E-state index in [0.29, 0.717) is 90.4 Å². The van der Waals surface area contributed by atoms with Crippen LogP contribution in [0.1, 0.15) is 27.8 Å². The lowest BCUT2D eigenvalue weighted by Crippen LogP contribution is -2.11. The van der Waals surface area contributed by atoms with Gasteiger partial charge in [-0.05, 0) is 125 Å². The van der Waals surface area contributed by atoms with Crippen LogP contribution in [0.15, 0.2) is 158 Å². The maximum atomic E-state index is 13.9. The van der Waals surface area contributed by atoms with Crippen LogP contribution < -0.4 is 0 Å². The molecule has 0 amide bonds. The summed E-state index contributed by atoms with van der Waals surface area (Å²) in [6, 6.07) is 34.9. The van der Waals surface area contributed by atoms with E-state index in [1.165, 1.54) is 24.3 Å². The first-order valence-corrected chi connectivity index (χ1v) is 20.3. The van der Waals surface area contributed by atoms with Crippen molar-refractivity contribution in [1.29, 1.82) is 5.26 Å². The second-order valence-electron chi connectivity index (χ2n) is 16.0. The molecule has 0 unspecified atom stereocenters. The normalized spacial score (nSPS) is 12.7. The third-order valence-electron chi connectivity index (χ3n) is 11.9. The van der Waals surface area contributed by atoms with E-state index in [0.717, 1.165) is 0 Å². The molecule has 0 N–H and O–H groups in total. The van der Waals surface area contributed by atoms with Crippen molar-refractivity contribution in [1.82, 2.24) is 14.1 Å². The summed E-state index contributed by atoms with van der Waals surface area (Å²) >= 11 is 0. The van der Waals surface area contributed by atoms with E-state index in [2.05, 4.69) is 11.1 Å². The van der Waals surface area contributed by atoms with Crippen molar-refractivity contribution in [3.63, 3.8) is 0 Å². The first kappa shape index (κ1) is 43.8. The Morgan fingerprint density at radius 2 is 0.765 bits per heavy atom. The number of benzene rings is 7. The van der Waals surface area contributed by atoms with Crippen molar-refractivity contribution in [2.45, 2.75) is 24.7 Å². The Hall–Kier alpha value is -8.06. The highest BCUT2D eigenvalue weighted by atomic mass is 19.4. The van der Waals surface area contributed by atoms with Gasteiger partial charge >= 0.3 is 24.7 Å². The number of fused-ring (bicyclic) bond motifs is 6. The van der Waals surface area contributed by atoms with Crippen LogP contribution in [-0.4, -0.2) is 14.1 Å². The van der Waals surface area contributed by atoms with Crippen molar-refractivity contribution in [3.05, 3.63) is 186 Å². The number of halogens is 12. The highest BCUT2D eigenvalue weighted by Crippen LogP contribution is 2.45. The van der Waals surface area contributed by atoms with Gasteiger partial charge in [0.15, 0.2) is 0 Å². The molecular weight excluding hydrogens is 909 g/mol. The molecule has 10 aromatic rings. The zero-order valence-corrected chi connectivity index (χ0v) is 34.3. The Kier molecular flexibility index (Phi) is 9.99. The smallest absolute Gasteiger partial charge is 0.309 e. The third kappa shape index (κ3) is 7.53. The van der Waals surface area contributed by atoms with Crippen LogP contribution in [0.3, 0.4) is 0 Å². The van der Waals surface area contributed by atoms with Gasteiger partial charge in [-0.1, -0.05) is 48.5 Å². The van der Waals surface area contributed by atoms with Crippen molar-refractivity contribution in [3.8, 4) is 50.8 Å². The van der Waals surface area contributed by atoms with Gasteiger partial charge in [0.1, 0.15) is 6.07 Å². The Balaban J connectivity index is 1.20. The number of rotatable bonds is 5. The molecule has 10 rings (SSSR count). The third-order valence-corrected chi connectivity index (χ3v) is 11.9. The molecule has 4 nitrogen and oxygen atoms in total. The summed E-state index contributed by atoms with van der Waals surface area (Å²) in [5.41, 5.74) is -2.10. The topological polar surface area (TPSA) is 46.5 Å². The summed E-state index contributed by atoms with van der Waals surface area (Å²) in [5, 5.41) is 13.1. The minimum atomic E-state index is -5.07. The summed E-state index contributed by atoms with van der Waals surface area (Å²) in [6.07, 6.45) is -17.2. The molecule has 0 fully saturated rings. The molecule has 338 valence electrons. The molecule has 0 spiro atoms. The second-order valence-corrected chi connectivity index (χ2v) is 16.0. The molecule has 3 aromatic heterocycles. The van der Waals surface area contributed by atoms with E-state index in [-0.39, 0.29) is 39.9 Å². The molecule has 0 aliphatic rings. The van der Waals surface area contributed by atoms with E-state index < -0.39 is 47.0 Å². The fourth-order valence-electron chi connectivity index (χ4n) is 8.87. The number of alkyl halides is 12. The van der Waals surface area contributed by atoms with Gasteiger partial charge in [0, 0.05) is 39.5 Å². The molecule has 0 bridgehead atoms. The Morgan fingerprint density at radius 1 is 0.368 bits per heavy atom. The van der Waals surface area contributed by atoms with Gasteiger partial charge in [-0.3, -0.25) is 4.98 Å². The number of pyridine rings is 1. The zero-order valence-electron chi connectivity index (χ0n) is 34.3. The zero-order chi connectivity index (χ0) is 48.1. The van der Waals surface area contributed by atoms with Crippen LogP contribution in [0.2, 0.25) is 0 Å². The molecule has 0 saturated heterocycles. The molecule has 0 radical (unpaired) electrons. The largest absolute Gasteiger partial charge is 0.416 e. The van der Waals surface area contributed by atoms with Gasteiger partial charge in [0.2, 0.25) is 0 Å². The number of para-hydroxylation sites is 2. The van der Waals surface area contributed by atoms with Crippen molar-refractivity contribution in [2.24, 2.45) is 0 Å². The van der Waals surface area contributed by atoms with E-state index >= 15 is 0 Å². The van der Waals surface area contributed by atoms with Crippen molar-refractivity contribution >= 4 is 43.6 Å². The maximum absolute atomic E-state index is 13.9. The standard InChI is InChI=1S/C52H26F12N4/c53-49(54,55)34-17-31(18-35(24-34)50(56,57)58)29-9-11-45-41(21-29)38-5-1-3-7-43(38)67(45)47-26-40(28-13-15-66-16-14-28)48(23-33(47)27-65)68-44-8-4-2-6-39(44)42-22-30(10-12-46(42)68)32-19-36(51(59,60)61)25-37(20-32)52(62,63)64/h1-26H. The summed E-state index contributed by atoms with van der Waals surface area (Å²) in [7, 11) is 0. The molecule has 0 aliphatic heterocycles. The predicted octanol–water partition coefficient (Wildman–Crippen LogP) is 16.2. The molecule has 16 heteroatoms. The van der Waals surface area contributed by atoms with E-state index in [9.17, 15) is 57.9 Å². The van der Waals surface area contributed by atoms with Gasteiger partial charge in [0.05, 0.1) is 61.3 Å². The van der Waals surface area contributed by atoms with Crippen molar-refractivity contribution < 1.29 is 52.7 Å². The minimum Gasteiger partial charge on any atom is -0.309 e. The summed E-state index contributed by atoms with van der Waals surface area (Å²) in [4.78, 5) is 4.17. The van der Waals surface area contributed by atoms with Crippen LogP contribution in [-0.2, 0) is 24.7 Å². The monoisotopic (exact) mass is 934 g/mol. The average molecular weight is 935 g/mol. The second kappa shape index (κ2) is 15.5. The Morgan fingerprint density at radius 3 is 1.18 bits per heavy atom. The number of aromatic nitrogens is 3. The van der Waals surface area contributed by atoms with Crippen LogP contribution >= 0.6 is 0 Å². The average Bonchev–Trinajstić information content (AvgIpc) is 3.82. The highest BCUT2D eigenvalue weighted by molar-refractivity contribution is 6.12. The highest BCUT2D eigenvalue weighted by Gasteiger charge is 2.38. The van der Waals surface area contributed by atoms with Crippen LogP contribution in [0.5, 0.6) is 0 Å². The summed E-state index contributed by atoms with van der Waals surface area (Å²) in [6.45, 7) is 0. The quantitative estimate of drug-likeness (QED) is 0.161.